The average Bonchev–Trinajstić information content (AvgIpc) is 3.59. The van der Waals surface area contributed by atoms with E-state index in [4.69, 9.17) is 9.26 Å². The first-order valence-corrected chi connectivity index (χ1v) is 11.6. The highest BCUT2D eigenvalue weighted by Gasteiger charge is 2.23. The minimum Gasteiger partial charge on any atom is -0.497 e. The molecule has 3 heterocycles. The lowest BCUT2D eigenvalue weighted by molar-refractivity contribution is 0.414. The van der Waals surface area contributed by atoms with Gasteiger partial charge < -0.3 is 14.2 Å². The van der Waals surface area contributed by atoms with E-state index in [1.807, 2.05) is 24.3 Å². The van der Waals surface area contributed by atoms with Crippen LogP contribution in [0.3, 0.4) is 0 Å². The van der Waals surface area contributed by atoms with Gasteiger partial charge in [0.25, 0.3) is 5.89 Å². The molecule has 4 aromatic rings. The lowest BCUT2D eigenvalue weighted by Crippen LogP contribution is -2.22. The molecule has 0 unspecified atom stereocenters. The van der Waals surface area contributed by atoms with Crippen molar-refractivity contribution >= 4 is 17.7 Å². The second kappa shape index (κ2) is 9.04. The minimum absolute atomic E-state index is 0.487. The van der Waals surface area contributed by atoms with Crippen LogP contribution in [0.5, 0.6) is 5.75 Å². The second-order valence-electron chi connectivity index (χ2n) is 7.68. The number of hydrogen-bond donors (Lipinski definition) is 0. The third kappa shape index (κ3) is 4.20. The van der Waals surface area contributed by atoms with Crippen molar-refractivity contribution in [3.8, 4) is 22.9 Å². The largest absolute Gasteiger partial charge is 0.497 e. The van der Waals surface area contributed by atoms with Crippen LogP contribution in [0.25, 0.3) is 17.1 Å². The fourth-order valence-electron chi connectivity index (χ4n) is 3.69. The Bertz CT molecular complexity index is 1180. The highest BCUT2D eigenvalue weighted by atomic mass is 32.2. The predicted octanol–water partition coefficient (Wildman–Crippen LogP) is 4.53. The number of anilines is 1. The molecule has 164 valence electrons. The Balaban J connectivity index is 1.37. The molecule has 1 fully saturated rings. The Morgan fingerprint density at radius 2 is 1.75 bits per heavy atom. The lowest BCUT2D eigenvalue weighted by Gasteiger charge is -2.18. The van der Waals surface area contributed by atoms with Gasteiger partial charge in [-0.2, -0.15) is 4.98 Å². The van der Waals surface area contributed by atoms with E-state index in [9.17, 15) is 0 Å². The van der Waals surface area contributed by atoms with Crippen molar-refractivity contribution in [2.45, 2.75) is 30.7 Å². The van der Waals surface area contributed by atoms with Crippen LogP contribution in [0.15, 0.2) is 58.2 Å². The highest BCUT2D eigenvalue weighted by molar-refractivity contribution is 7.98. The SMILES string of the molecule is COc1ccc(-c2nc(CSc3nnc(N4CCCC4)n3-c3ccc(C)cc3)no2)cc1. The molecule has 1 aliphatic rings. The summed E-state index contributed by atoms with van der Waals surface area (Å²) >= 11 is 1.55. The van der Waals surface area contributed by atoms with Crippen molar-refractivity contribution in [1.82, 2.24) is 24.9 Å². The molecule has 5 rings (SSSR count). The van der Waals surface area contributed by atoms with Gasteiger partial charge >= 0.3 is 0 Å². The first kappa shape index (κ1) is 20.6. The Kier molecular flexibility index (Phi) is 5.81. The molecule has 0 aliphatic carbocycles. The summed E-state index contributed by atoms with van der Waals surface area (Å²) in [4.78, 5) is 6.84. The van der Waals surface area contributed by atoms with E-state index in [0.29, 0.717) is 17.5 Å². The molecule has 0 N–H and O–H groups in total. The van der Waals surface area contributed by atoms with Crippen molar-refractivity contribution in [2.75, 3.05) is 25.1 Å². The van der Waals surface area contributed by atoms with Crippen LogP contribution in [0, 0.1) is 6.92 Å². The summed E-state index contributed by atoms with van der Waals surface area (Å²) in [7, 11) is 1.64. The molecule has 32 heavy (non-hydrogen) atoms. The summed E-state index contributed by atoms with van der Waals surface area (Å²) in [6.07, 6.45) is 2.36. The summed E-state index contributed by atoms with van der Waals surface area (Å²) in [6.45, 7) is 4.10. The fourth-order valence-corrected chi connectivity index (χ4v) is 4.48. The van der Waals surface area contributed by atoms with Crippen molar-refractivity contribution in [3.63, 3.8) is 0 Å². The van der Waals surface area contributed by atoms with Gasteiger partial charge in [-0.3, -0.25) is 4.57 Å². The summed E-state index contributed by atoms with van der Waals surface area (Å²) in [5.41, 5.74) is 3.13. The van der Waals surface area contributed by atoms with Crippen LogP contribution < -0.4 is 9.64 Å². The van der Waals surface area contributed by atoms with Gasteiger partial charge in [0.1, 0.15) is 5.75 Å². The zero-order chi connectivity index (χ0) is 21.9. The maximum Gasteiger partial charge on any atom is 0.257 e. The van der Waals surface area contributed by atoms with Gasteiger partial charge in [0.15, 0.2) is 11.0 Å². The zero-order valence-electron chi connectivity index (χ0n) is 18.1. The van der Waals surface area contributed by atoms with Crippen LogP contribution >= 0.6 is 11.8 Å². The van der Waals surface area contributed by atoms with Gasteiger partial charge in [-0.15, -0.1) is 10.2 Å². The summed E-state index contributed by atoms with van der Waals surface area (Å²) in [5.74, 6) is 3.31. The van der Waals surface area contributed by atoms with Crippen LogP contribution in [0.4, 0.5) is 5.95 Å². The number of aryl methyl sites for hydroxylation is 1. The molecule has 0 radical (unpaired) electrons. The number of thioether (sulfide) groups is 1. The number of ether oxygens (including phenoxy) is 1. The van der Waals surface area contributed by atoms with E-state index in [2.05, 4.69) is 61.0 Å². The highest BCUT2D eigenvalue weighted by Crippen LogP contribution is 2.30. The molecule has 0 spiro atoms. The van der Waals surface area contributed by atoms with Crippen molar-refractivity contribution in [2.24, 2.45) is 0 Å². The average molecular weight is 449 g/mol. The molecule has 2 aromatic carbocycles. The number of aromatic nitrogens is 5. The number of methoxy groups -OCH3 is 1. The summed E-state index contributed by atoms with van der Waals surface area (Å²) in [5, 5.41) is 14.0. The molecule has 1 saturated heterocycles. The van der Waals surface area contributed by atoms with Crippen molar-refractivity contribution in [3.05, 3.63) is 59.9 Å². The van der Waals surface area contributed by atoms with Gasteiger partial charge in [-0.1, -0.05) is 34.6 Å². The quantitative estimate of drug-likeness (QED) is 0.382. The zero-order valence-corrected chi connectivity index (χ0v) is 18.9. The molecular formula is C23H24N6O2S. The van der Waals surface area contributed by atoms with Gasteiger partial charge in [0.05, 0.1) is 18.6 Å². The molecule has 0 amide bonds. The standard InChI is InChI=1S/C23H24N6O2S/c1-16-5-9-18(10-6-16)29-22(28-13-3-4-14-28)25-26-23(29)32-15-20-24-21(31-27-20)17-7-11-19(30-2)12-8-17/h5-12H,3-4,13-15H2,1-2H3. The molecule has 8 nitrogen and oxygen atoms in total. The van der Waals surface area contributed by atoms with Crippen LogP contribution in [0.2, 0.25) is 0 Å². The van der Waals surface area contributed by atoms with E-state index >= 15 is 0 Å². The van der Waals surface area contributed by atoms with Gasteiger partial charge in [0.2, 0.25) is 5.95 Å². The predicted molar refractivity (Wildman–Crippen MR) is 123 cm³/mol. The van der Waals surface area contributed by atoms with Crippen LogP contribution in [-0.2, 0) is 5.75 Å². The second-order valence-corrected chi connectivity index (χ2v) is 8.62. The molecule has 0 saturated carbocycles. The maximum absolute atomic E-state index is 5.46. The molecule has 2 aromatic heterocycles. The first-order chi connectivity index (χ1) is 15.7. The Morgan fingerprint density at radius 3 is 2.47 bits per heavy atom. The van der Waals surface area contributed by atoms with Crippen molar-refractivity contribution < 1.29 is 9.26 Å². The number of benzene rings is 2. The molecule has 0 atom stereocenters. The number of nitrogens with zero attached hydrogens (tertiary/aromatic N) is 6. The van der Waals surface area contributed by atoms with Gasteiger partial charge in [-0.05, 0) is 56.2 Å². The smallest absolute Gasteiger partial charge is 0.257 e. The molecular weight excluding hydrogens is 424 g/mol. The fraction of sp³-hybridized carbons (Fsp3) is 0.304. The number of rotatable bonds is 7. The normalized spacial score (nSPS) is 13.6. The van der Waals surface area contributed by atoms with Gasteiger partial charge in [-0.25, -0.2) is 0 Å². The molecule has 9 heteroatoms. The minimum atomic E-state index is 0.487. The lowest BCUT2D eigenvalue weighted by atomic mass is 10.2. The topological polar surface area (TPSA) is 82.1 Å². The van der Waals surface area contributed by atoms with Crippen molar-refractivity contribution in [1.29, 1.82) is 0 Å². The Hall–Kier alpha value is -3.33. The summed E-state index contributed by atoms with van der Waals surface area (Å²) < 4.78 is 12.8. The Labute approximate surface area is 190 Å². The van der Waals surface area contributed by atoms with E-state index in [1.54, 1.807) is 18.9 Å². The summed E-state index contributed by atoms with van der Waals surface area (Å²) in [6, 6.07) is 16.0. The molecule has 0 bridgehead atoms. The van der Waals surface area contributed by atoms with E-state index in [-0.39, 0.29) is 0 Å². The van der Waals surface area contributed by atoms with Crippen LogP contribution in [0.1, 0.15) is 24.2 Å². The maximum atomic E-state index is 5.46. The monoisotopic (exact) mass is 448 g/mol. The van der Waals surface area contributed by atoms with Gasteiger partial charge in [0, 0.05) is 18.7 Å². The van der Waals surface area contributed by atoms with E-state index in [1.165, 1.54) is 18.4 Å². The third-order valence-electron chi connectivity index (χ3n) is 5.43. The first-order valence-electron chi connectivity index (χ1n) is 10.6. The Morgan fingerprint density at radius 1 is 1.00 bits per heavy atom. The van der Waals surface area contributed by atoms with E-state index in [0.717, 1.165) is 41.2 Å². The van der Waals surface area contributed by atoms with E-state index < -0.39 is 0 Å². The number of hydrogen-bond acceptors (Lipinski definition) is 8. The van der Waals surface area contributed by atoms with Crippen LogP contribution in [-0.4, -0.2) is 45.1 Å². The third-order valence-corrected chi connectivity index (χ3v) is 6.36. The molecule has 1 aliphatic heterocycles.